The van der Waals surface area contributed by atoms with E-state index in [4.69, 9.17) is 4.74 Å². The summed E-state index contributed by atoms with van der Waals surface area (Å²) < 4.78 is 5.17. The first-order chi connectivity index (χ1) is 9.60. The van der Waals surface area contributed by atoms with Crippen LogP contribution in [0, 0.1) is 6.92 Å². The van der Waals surface area contributed by atoms with Crippen molar-refractivity contribution >= 4 is 17.5 Å². The molecular weight excluding hydrogens is 256 g/mol. The Bertz CT molecular complexity index is 508. The van der Waals surface area contributed by atoms with E-state index in [0.717, 1.165) is 31.2 Å². The van der Waals surface area contributed by atoms with E-state index < -0.39 is 11.8 Å². The Balaban J connectivity index is 1.99. The minimum atomic E-state index is -0.652. The molecule has 0 aliphatic heterocycles. The molecule has 1 saturated carbocycles. The predicted octanol–water partition coefficient (Wildman–Crippen LogP) is 2.00. The second-order valence-corrected chi connectivity index (χ2v) is 5.11. The van der Waals surface area contributed by atoms with Gasteiger partial charge in [0.2, 0.25) is 0 Å². The summed E-state index contributed by atoms with van der Waals surface area (Å²) in [7, 11) is 1.53. The molecule has 5 heteroatoms. The van der Waals surface area contributed by atoms with Crippen LogP contribution in [0.15, 0.2) is 18.2 Å². The van der Waals surface area contributed by atoms with Gasteiger partial charge >= 0.3 is 11.8 Å². The fourth-order valence-electron chi connectivity index (χ4n) is 2.42. The van der Waals surface area contributed by atoms with Crippen LogP contribution in [0.25, 0.3) is 0 Å². The zero-order chi connectivity index (χ0) is 14.5. The lowest BCUT2D eigenvalue weighted by molar-refractivity contribution is -0.136. The first kappa shape index (κ1) is 14.4. The lowest BCUT2D eigenvalue weighted by Gasteiger charge is -2.13. The number of rotatable bonds is 3. The maximum Gasteiger partial charge on any atom is 0.313 e. The number of aryl methyl sites for hydroxylation is 1. The lowest BCUT2D eigenvalue weighted by atomic mass is 10.2. The van der Waals surface area contributed by atoms with Gasteiger partial charge in [0, 0.05) is 6.04 Å². The van der Waals surface area contributed by atoms with Crippen molar-refractivity contribution in [2.75, 3.05) is 12.4 Å². The van der Waals surface area contributed by atoms with E-state index in [9.17, 15) is 9.59 Å². The van der Waals surface area contributed by atoms with Gasteiger partial charge in [-0.15, -0.1) is 0 Å². The Hall–Kier alpha value is -2.04. The van der Waals surface area contributed by atoms with Crippen molar-refractivity contribution in [2.45, 2.75) is 38.6 Å². The standard InChI is InChI=1S/C15H20N2O3/c1-10-7-8-13(20-2)12(9-10)17-15(19)14(18)16-11-5-3-4-6-11/h7-9,11H,3-6H2,1-2H3,(H,16,18)(H,17,19). The first-order valence-corrected chi connectivity index (χ1v) is 6.86. The largest absolute Gasteiger partial charge is 0.495 e. The average Bonchev–Trinajstić information content (AvgIpc) is 2.91. The summed E-state index contributed by atoms with van der Waals surface area (Å²) >= 11 is 0. The monoisotopic (exact) mass is 276 g/mol. The van der Waals surface area contributed by atoms with Crippen molar-refractivity contribution in [1.82, 2.24) is 5.32 Å². The molecule has 0 bridgehead atoms. The van der Waals surface area contributed by atoms with Gasteiger partial charge in [-0.25, -0.2) is 0 Å². The molecule has 0 aromatic heterocycles. The molecule has 0 heterocycles. The third-order valence-corrected chi connectivity index (χ3v) is 3.50. The maximum atomic E-state index is 11.9. The normalized spacial score (nSPS) is 14.9. The minimum Gasteiger partial charge on any atom is -0.495 e. The molecule has 1 aromatic carbocycles. The molecule has 2 N–H and O–H groups in total. The van der Waals surface area contributed by atoms with Gasteiger partial charge in [0.25, 0.3) is 0 Å². The highest BCUT2D eigenvalue weighted by Gasteiger charge is 2.22. The number of nitrogens with one attached hydrogen (secondary N) is 2. The summed E-state index contributed by atoms with van der Waals surface area (Å²) in [6.45, 7) is 1.91. The SMILES string of the molecule is COc1ccc(C)cc1NC(=O)C(=O)NC1CCCC1. The van der Waals surface area contributed by atoms with Crippen LogP contribution in [0.1, 0.15) is 31.2 Å². The minimum absolute atomic E-state index is 0.132. The number of benzene rings is 1. The molecule has 2 rings (SSSR count). The van der Waals surface area contributed by atoms with Gasteiger partial charge < -0.3 is 15.4 Å². The van der Waals surface area contributed by atoms with Crippen LogP contribution in [-0.2, 0) is 9.59 Å². The highest BCUT2D eigenvalue weighted by Crippen LogP contribution is 2.25. The molecule has 1 fully saturated rings. The van der Waals surface area contributed by atoms with E-state index in [1.807, 2.05) is 13.0 Å². The molecule has 108 valence electrons. The zero-order valence-corrected chi connectivity index (χ0v) is 11.9. The van der Waals surface area contributed by atoms with Crippen molar-refractivity contribution in [3.8, 4) is 5.75 Å². The molecule has 20 heavy (non-hydrogen) atoms. The summed E-state index contributed by atoms with van der Waals surface area (Å²) in [4.78, 5) is 23.7. The van der Waals surface area contributed by atoms with Crippen molar-refractivity contribution in [1.29, 1.82) is 0 Å². The summed E-state index contributed by atoms with van der Waals surface area (Å²) in [6, 6.07) is 5.56. The van der Waals surface area contributed by atoms with Crippen molar-refractivity contribution < 1.29 is 14.3 Å². The number of hydrogen-bond acceptors (Lipinski definition) is 3. The molecule has 0 saturated heterocycles. The quantitative estimate of drug-likeness (QED) is 0.830. The average molecular weight is 276 g/mol. The molecule has 1 aliphatic carbocycles. The zero-order valence-electron chi connectivity index (χ0n) is 11.9. The van der Waals surface area contributed by atoms with Gasteiger partial charge in [-0.3, -0.25) is 9.59 Å². The highest BCUT2D eigenvalue weighted by molar-refractivity contribution is 6.39. The van der Waals surface area contributed by atoms with Gasteiger partial charge in [0.05, 0.1) is 12.8 Å². The van der Waals surface area contributed by atoms with Crippen LogP contribution < -0.4 is 15.4 Å². The molecule has 0 unspecified atom stereocenters. The molecule has 2 amide bonds. The molecule has 0 radical (unpaired) electrons. The Labute approximate surface area is 118 Å². The number of amides is 2. The number of methoxy groups -OCH3 is 1. The van der Waals surface area contributed by atoms with Crippen molar-refractivity contribution in [2.24, 2.45) is 0 Å². The van der Waals surface area contributed by atoms with E-state index in [0.29, 0.717) is 11.4 Å². The third kappa shape index (κ3) is 3.50. The summed E-state index contributed by atoms with van der Waals surface area (Å²) in [5, 5.41) is 5.36. The van der Waals surface area contributed by atoms with Gasteiger partial charge in [-0.05, 0) is 37.5 Å². The number of hydrogen-bond donors (Lipinski definition) is 2. The van der Waals surface area contributed by atoms with Crippen LogP contribution in [0.2, 0.25) is 0 Å². The van der Waals surface area contributed by atoms with E-state index in [-0.39, 0.29) is 6.04 Å². The van der Waals surface area contributed by atoms with Crippen LogP contribution in [0.5, 0.6) is 5.75 Å². The predicted molar refractivity (Wildman–Crippen MR) is 76.8 cm³/mol. The van der Waals surface area contributed by atoms with E-state index in [1.165, 1.54) is 7.11 Å². The molecule has 5 nitrogen and oxygen atoms in total. The van der Waals surface area contributed by atoms with E-state index in [1.54, 1.807) is 12.1 Å². The fourth-order valence-corrected chi connectivity index (χ4v) is 2.42. The molecule has 0 spiro atoms. The van der Waals surface area contributed by atoms with Gasteiger partial charge in [0.15, 0.2) is 0 Å². The second kappa shape index (κ2) is 6.41. The topological polar surface area (TPSA) is 67.4 Å². The molecule has 1 aliphatic rings. The van der Waals surface area contributed by atoms with Crippen LogP contribution in [-0.4, -0.2) is 25.0 Å². The number of carbonyl (C=O) groups is 2. The molecule has 1 aromatic rings. The Morgan fingerprint density at radius 3 is 2.55 bits per heavy atom. The Kier molecular flexibility index (Phi) is 4.61. The van der Waals surface area contributed by atoms with E-state index >= 15 is 0 Å². The summed E-state index contributed by atoms with van der Waals surface area (Å²) in [5.74, 6) is -0.695. The number of carbonyl (C=O) groups excluding carboxylic acids is 2. The summed E-state index contributed by atoms with van der Waals surface area (Å²) in [6.07, 6.45) is 4.12. The summed E-state index contributed by atoms with van der Waals surface area (Å²) in [5.41, 5.74) is 1.50. The van der Waals surface area contributed by atoms with E-state index in [2.05, 4.69) is 10.6 Å². The molecular formula is C15H20N2O3. The van der Waals surface area contributed by atoms with Crippen LogP contribution >= 0.6 is 0 Å². The van der Waals surface area contributed by atoms with Crippen LogP contribution in [0.3, 0.4) is 0 Å². The fraction of sp³-hybridized carbons (Fsp3) is 0.467. The third-order valence-electron chi connectivity index (χ3n) is 3.50. The van der Waals surface area contributed by atoms with Crippen molar-refractivity contribution in [3.05, 3.63) is 23.8 Å². The van der Waals surface area contributed by atoms with Gasteiger partial charge in [-0.2, -0.15) is 0 Å². The number of ether oxygens (including phenoxy) is 1. The Morgan fingerprint density at radius 1 is 1.20 bits per heavy atom. The number of anilines is 1. The highest BCUT2D eigenvalue weighted by atomic mass is 16.5. The molecule has 0 atom stereocenters. The smallest absolute Gasteiger partial charge is 0.313 e. The van der Waals surface area contributed by atoms with Crippen LogP contribution in [0.4, 0.5) is 5.69 Å². The maximum absolute atomic E-state index is 11.9. The lowest BCUT2D eigenvalue weighted by Crippen LogP contribution is -2.40. The van der Waals surface area contributed by atoms with Gasteiger partial charge in [0.1, 0.15) is 5.75 Å². The van der Waals surface area contributed by atoms with Crippen molar-refractivity contribution in [3.63, 3.8) is 0 Å². The Morgan fingerprint density at radius 2 is 1.90 bits per heavy atom. The first-order valence-electron chi connectivity index (χ1n) is 6.86. The second-order valence-electron chi connectivity index (χ2n) is 5.11. The van der Waals surface area contributed by atoms with Gasteiger partial charge in [-0.1, -0.05) is 18.9 Å².